The molecule has 0 aliphatic heterocycles. The summed E-state index contributed by atoms with van der Waals surface area (Å²) in [4.78, 5) is -0.0223. The number of nitrogens with one attached hydrogen (secondary N) is 1. The van der Waals surface area contributed by atoms with Gasteiger partial charge in [-0.15, -0.1) is 5.10 Å². The van der Waals surface area contributed by atoms with Crippen LogP contribution in [0.5, 0.6) is 5.75 Å². The largest absolute Gasteiger partial charge is 0.494 e. The molecule has 0 aliphatic rings. The molecule has 0 spiro atoms. The zero-order valence-electron chi connectivity index (χ0n) is 11.4. The van der Waals surface area contributed by atoms with Crippen molar-refractivity contribution in [3.63, 3.8) is 0 Å². The van der Waals surface area contributed by atoms with Crippen molar-refractivity contribution in [2.24, 2.45) is 0 Å². The molecule has 2 aromatic rings. The minimum Gasteiger partial charge on any atom is -0.494 e. The van der Waals surface area contributed by atoms with Gasteiger partial charge in [0, 0.05) is 13.3 Å². The van der Waals surface area contributed by atoms with E-state index in [0.29, 0.717) is 11.4 Å². The van der Waals surface area contributed by atoms with Crippen LogP contribution in [-0.2, 0) is 9.84 Å². The van der Waals surface area contributed by atoms with Crippen LogP contribution in [0.3, 0.4) is 0 Å². The number of para-hydroxylation sites is 2. The molecule has 0 bridgehead atoms. The topological polar surface area (TPSA) is 99.2 Å². The second kappa shape index (κ2) is 5.04. The number of nitrogen functional groups attached to an aromatic ring is 1. The lowest BCUT2D eigenvalue weighted by Crippen LogP contribution is -2.06. The van der Waals surface area contributed by atoms with E-state index in [1.807, 2.05) is 0 Å². The lowest BCUT2D eigenvalue weighted by atomic mass is 10.3. The molecule has 8 heteroatoms. The van der Waals surface area contributed by atoms with E-state index in [1.54, 1.807) is 31.3 Å². The number of nitrogens with two attached hydrogens (primary N) is 1. The van der Waals surface area contributed by atoms with E-state index < -0.39 is 9.84 Å². The van der Waals surface area contributed by atoms with Gasteiger partial charge in [-0.25, -0.2) is 13.1 Å². The Balaban J connectivity index is 2.74. The van der Waals surface area contributed by atoms with Gasteiger partial charge in [0.2, 0.25) is 0 Å². The highest BCUT2D eigenvalue weighted by molar-refractivity contribution is 7.91. The Kier molecular flexibility index (Phi) is 3.58. The van der Waals surface area contributed by atoms with Gasteiger partial charge in [0.15, 0.2) is 20.6 Å². The molecule has 20 heavy (non-hydrogen) atoms. The fraction of sp³-hybridized carbons (Fsp3) is 0.250. The van der Waals surface area contributed by atoms with E-state index in [4.69, 9.17) is 10.5 Å². The molecular weight excluding hydrogens is 280 g/mol. The van der Waals surface area contributed by atoms with Crippen LogP contribution >= 0.6 is 0 Å². The number of hydrogen-bond acceptors (Lipinski definition) is 6. The van der Waals surface area contributed by atoms with Gasteiger partial charge < -0.3 is 15.8 Å². The first kappa shape index (κ1) is 14.2. The maximum atomic E-state index is 11.8. The Hall–Kier alpha value is -2.22. The molecule has 108 valence electrons. The van der Waals surface area contributed by atoms with Crippen molar-refractivity contribution in [2.75, 3.05) is 31.5 Å². The van der Waals surface area contributed by atoms with Crippen molar-refractivity contribution in [3.05, 3.63) is 24.3 Å². The van der Waals surface area contributed by atoms with Gasteiger partial charge in [-0.1, -0.05) is 12.1 Å². The number of hydrogen-bond donors (Lipinski definition) is 2. The molecule has 0 amide bonds. The second-order valence-corrected chi connectivity index (χ2v) is 6.12. The highest BCUT2D eigenvalue weighted by Crippen LogP contribution is 2.32. The monoisotopic (exact) mass is 296 g/mol. The number of sulfone groups is 1. The quantitative estimate of drug-likeness (QED) is 0.870. The molecule has 0 unspecified atom stereocenters. The van der Waals surface area contributed by atoms with E-state index >= 15 is 0 Å². The maximum absolute atomic E-state index is 11.8. The molecule has 0 saturated carbocycles. The summed E-state index contributed by atoms with van der Waals surface area (Å²) in [6.07, 6.45) is 1.09. The maximum Gasteiger partial charge on any atom is 0.182 e. The number of ether oxygens (including phenoxy) is 1. The molecule has 0 atom stereocenters. The minimum atomic E-state index is -3.49. The van der Waals surface area contributed by atoms with Gasteiger partial charge in [-0.3, -0.25) is 0 Å². The van der Waals surface area contributed by atoms with Gasteiger partial charge in [0.25, 0.3) is 0 Å². The van der Waals surface area contributed by atoms with Crippen LogP contribution in [0.25, 0.3) is 5.69 Å². The van der Waals surface area contributed by atoms with Gasteiger partial charge in [-0.05, 0) is 12.1 Å². The van der Waals surface area contributed by atoms with Gasteiger partial charge in [-0.2, -0.15) is 0 Å². The fourth-order valence-corrected chi connectivity index (χ4v) is 2.89. The molecule has 0 aliphatic carbocycles. The predicted octanol–water partition coefficient (Wildman–Crippen LogP) is 0.908. The van der Waals surface area contributed by atoms with Crippen LogP contribution in [0, 0.1) is 0 Å². The van der Waals surface area contributed by atoms with E-state index in [9.17, 15) is 8.42 Å². The molecule has 7 nitrogen and oxygen atoms in total. The van der Waals surface area contributed by atoms with Crippen molar-refractivity contribution in [1.82, 2.24) is 9.78 Å². The van der Waals surface area contributed by atoms with Crippen LogP contribution in [0.15, 0.2) is 29.2 Å². The number of aromatic nitrogens is 2. The summed E-state index contributed by atoms with van der Waals surface area (Å²) in [5, 5.41) is 6.93. The first-order valence-electron chi connectivity index (χ1n) is 5.79. The summed E-state index contributed by atoms with van der Waals surface area (Å²) in [6, 6.07) is 7.08. The molecule has 3 N–H and O–H groups in total. The van der Waals surface area contributed by atoms with Crippen LogP contribution in [0.1, 0.15) is 0 Å². The van der Waals surface area contributed by atoms with Crippen molar-refractivity contribution in [2.45, 2.75) is 4.90 Å². The highest BCUT2D eigenvalue weighted by Gasteiger charge is 2.25. The fourth-order valence-electron chi connectivity index (χ4n) is 1.93. The van der Waals surface area contributed by atoms with Crippen molar-refractivity contribution >= 4 is 21.5 Å². The normalized spacial score (nSPS) is 11.3. The molecule has 1 heterocycles. The van der Waals surface area contributed by atoms with Gasteiger partial charge in [0.1, 0.15) is 17.3 Å². The number of anilines is 2. The zero-order valence-corrected chi connectivity index (χ0v) is 12.2. The SMILES string of the molecule is CNc1nn(-c2ccccc2OC)c(N)c1S(C)(=O)=O. The molecule has 0 saturated heterocycles. The summed E-state index contributed by atoms with van der Waals surface area (Å²) in [7, 11) is -0.386. The number of benzene rings is 1. The average Bonchev–Trinajstić information content (AvgIpc) is 2.75. The van der Waals surface area contributed by atoms with E-state index in [1.165, 1.54) is 11.8 Å². The summed E-state index contributed by atoms with van der Waals surface area (Å²) in [6.45, 7) is 0. The Morgan fingerprint density at radius 3 is 2.50 bits per heavy atom. The average molecular weight is 296 g/mol. The third-order valence-electron chi connectivity index (χ3n) is 2.80. The molecule has 0 radical (unpaired) electrons. The van der Waals surface area contributed by atoms with E-state index in [0.717, 1.165) is 6.26 Å². The van der Waals surface area contributed by atoms with Crippen LogP contribution in [0.2, 0.25) is 0 Å². The molecule has 1 aromatic heterocycles. The number of nitrogens with zero attached hydrogens (tertiary/aromatic N) is 2. The first-order chi connectivity index (χ1) is 9.40. The zero-order chi connectivity index (χ0) is 14.9. The second-order valence-electron chi connectivity index (χ2n) is 4.17. The van der Waals surface area contributed by atoms with E-state index in [2.05, 4.69) is 10.4 Å². The Labute approximate surface area is 117 Å². The lowest BCUT2D eigenvalue weighted by molar-refractivity contribution is 0.412. The molecule has 1 aromatic carbocycles. The van der Waals surface area contributed by atoms with Crippen LogP contribution in [-0.4, -0.2) is 38.6 Å². The third kappa shape index (κ3) is 2.29. The summed E-state index contributed by atoms with van der Waals surface area (Å²) in [5.74, 6) is 0.793. The van der Waals surface area contributed by atoms with Crippen molar-refractivity contribution in [1.29, 1.82) is 0 Å². The molecule has 2 rings (SSSR count). The Morgan fingerprint density at radius 1 is 1.35 bits per heavy atom. The van der Waals surface area contributed by atoms with Crippen molar-refractivity contribution in [3.8, 4) is 11.4 Å². The smallest absolute Gasteiger partial charge is 0.182 e. The first-order valence-corrected chi connectivity index (χ1v) is 7.69. The summed E-state index contributed by atoms with van der Waals surface area (Å²) in [5.41, 5.74) is 6.52. The molecule has 0 fully saturated rings. The minimum absolute atomic E-state index is 0.0223. The lowest BCUT2D eigenvalue weighted by Gasteiger charge is -2.09. The number of rotatable bonds is 4. The van der Waals surface area contributed by atoms with Gasteiger partial charge in [0.05, 0.1) is 7.11 Å². The summed E-state index contributed by atoms with van der Waals surface area (Å²) < 4.78 is 30.2. The van der Waals surface area contributed by atoms with E-state index in [-0.39, 0.29) is 16.5 Å². The Bertz CT molecular complexity index is 737. The number of methoxy groups -OCH3 is 1. The molecular formula is C12H16N4O3S. The standard InChI is InChI=1S/C12H16N4O3S/c1-14-12-10(20(3,17)18)11(13)16(15-12)8-6-4-5-7-9(8)19-2/h4-7H,13H2,1-3H3,(H,14,15). The van der Waals surface area contributed by atoms with Crippen LogP contribution < -0.4 is 15.8 Å². The predicted molar refractivity (Wildman–Crippen MR) is 77.2 cm³/mol. The summed E-state index contributed by atoms with van der Waals surface area (Å²) >= 11 is 0. The Morgan fingerprint density at radius 2 is 2.00 bits per heavy atom. The highest BCUT2D eigenvalue weighted by atomic mass is 32.2. The van der Waals surface area contributed by atoms with Gasteiger partial charge >= 0.3 is 0 Å². The van der Waals surface area contributed by atoms with Crippen molar-refractivity contribution < 1.29 is 13.2 Å². The third-order valence-corrected chi connectivity index (χ3v) is 3.94. The van der Waals surface area contributed by atoms with Crippen LogP contribution in [0.4, 0.5) is 11.6 Å².